The van der Waals surface area contributed by atoms with Crippen molar-refractivity contribution >= 4 is 23.6 Å². The molecule has 1 saturated heterocycles. The zero-order valence-corrected chi connectivity index (χ0v) is 10.6. The molecule has 1 aliphatic heterocycles. The second kappa shape index (κ2) is 4.97. The van der Waals surface area contributed by atoms with E-state index >= 15 is 0 Å². The molecule has 0 bridgehead atoms. The topological polar surface area (TPSA) is 63.4 Å². The SMILES string of the molecule is C[C@H]1S[C@H](c2ccccc2F)N(CC(N)=O)C1=O. The number of benzene rings is 1. The van der Waals surface area contributed by atoms with Crippen molar-refractivity contribution in [2.45, 2.75) is 17.5 Å². The zero-order valence-electron chi connectivity index (χ0n) is 9.80. The average molecular weight is 268 g/mol. The monoisotopic (exact) mass is 268 g/mol. The summed E-state index contributed by atoms with van der Waals surface area (Å²) in [4.78, 5) is 24.2. The molecule has 0 unspecified atom stereocenters. The van der Waals surface area contributed by atoms with Gasteiger partial charge in [0.25, 0.3) is 0 Å². The van der Waals surface area contributed by atoms with Crippen LogP contribution in [0.1, 0.15) is 17.9 Å². The van der Waals surface area contributed by atoms with Crippen molar-refractivity contribution in [2.24, 2.45) is 5.73 Å². The molecule has 0 aliphatic carbocycles. The first-order valence-electron chi connectivity index (χ1n) is 5.49. The number of amides is 2. The molecule has 1 heterocycles. The number of hydrogen-bond acceptors (Lipinski definition) is 3. The van der Waals surface area contributed by atoms with Crippen LogP contribution in [0.3, 0.4) is 0 Å². The van der Waals surface area contributed by atoms with Crippen molar-refractivity contribution in [3.63, 3.8) is 0 Å². The van der Waals surface area contributed by atoms with E-state index in [9.17, 15) is 14.0 Å². The summed E-state index contributed by atoms with van der Waals surface area (Å²) in [5.74, 6) is -1.17. The molecule has 18 heavy (non-hydrogen) atoms. The van der Waals surface area contributed by atoms with Gasteiger partial charge in [-0.05, 0) is 13.0 Å². The Labute approximate surface area is 108 Å². The van der Waals surface area contributed by atoms with E-state index in [4.69, 9.17) is 5.73 Å². The maximum absolute atomic E-state index is 13.7. The normalized spacial score (nSPS) is 23.4. The van der Waals surface area contributed by atoms with Crippen molar-refractivity contribution in [2.75, 3.05) is 6.54 Å². The minimum Gasteiger partial charge on any atom is -0.368 e. The number of carbonyl (C=O) groups excluding carboxylic acids is 2. The van der Waals surface area contributed by atoms with Gasteiger partial charge in [-0.2, -0.15) is 0 Å². The van der Waals surface area contributed by atoms with E-state index in [0.717, 1.165) is 0 Å². The van der Waals surface area contributed by atoms with Gasteiger partial charge in [-0.25, -0.2) is 4.39 Å². The van der Waals surface area contributed by atoms with Crippen molar-refractivity contribution in [1.82, 2.24) is 4.90 Å². The van der Waals surface area contributed by atoms with E-state index in [2.05, 4.69) is 0 Å². The van der Waals surface area contributed by atoms with Crippen LogP contribution in [-0.2, 0) is 9.59 Å². The van der Waals surface area contributed by atoms with E-state index in [1.807, 2.05) is 0 Å². The van der Waals surface area contributed by atoms with Crippen LogP contribution in [-0.4, -0.2) is 28.5 Å². The maximum atomic E-state index is 13.7. The smallest absolute Gasteiger partial charge is 0.237 e. The lowest BCUT2D eigenvalue weighted by Gasteiger charge is -2.22. The molecule has 6 heteroatoms. The molecule has 2 amide bonds. The minimum absolute atomic E-state index is 0.185. The first kappa shape index (κ1) is 12.9. The van der Waals surface area contributed by atoms with Gasteiger partial charge >= 0.3 is 0 Å². The molecule has 0 radical (unpaired) electrons. The molecule has 0 aromatic heterocycles. The fraction of sp³-hybridized carbons (Fsp3) is 0.333. The summed E-state index contributed by atoms with van der Waals surface area (Å²) in [5.41, 5.74) is 5.53. The highest BCUT2D eigenvalue weighted by molar-refractivity contribution is 8.01. The van der Waals surface area contributed by atoms with Crippen LogP contribution in [0.25, 0.3) is 0 Å². The van der Waals surface area contributed by atoms with E-state index in [1.54, 1.807) is 25.1 Å². The van der Waals surface area contributed by atoms with E-state index in [1.165, 1.54) is 22.7 Å². The predicted octanol–water partition coefficient (Wildman–Crippen LogP) is 1.27. The van der Waals surface area contributed by atoms with Gasteiger partial charge in [-0.15, -0.1) is 11.8 Å². The van der Waals surface area contributed by atoms with Gasteiger partial charge in [-0.1, -0.05) is 18.2 Å². The molecule has 0 saturated carbocycles. The second-order valence-corrected chi connectivity index (χ2v) is 5.51. The number of carbonyl (C=O) groups is 2. The lowest BCUT2D eigenvalue weighted by molar-refractivity contribution is -0.134. The molecule has 1 aromatic rings. The maximum Gasteiger partial charge on any atom is 0.237 e. The highest BCUT2D eigenvalue weighted by Crippen LogP contribution is 2.43. The highest BCUT2D eigenvalue weighted by atomic mass is 32.2. The van der Waals surface area contributed by atoms with Crippen LogP contribution >= 0.6 is 11.8 Å². The number of thioether (sulfide) groups is 1. The van der Waals surface area contributed by atoms with E-state index < -0.39 is 11.3 Å². The van der Waals surface area contributed by atoms with Crippen molar-refractivity contribution in [1.29, 1.82) is 0 Å². The summed E-state index contributed by atoms with van der Waals surface area (Å²) < 4.78 is 13.7. The molecule has 2 N–H and O–H groups in total. The second-order valence-electron chi connectivity index (χ2n) is 4.08. The Hall–Kier alpha value is -1.56. The molecular formula is C12H13FN2O2S. The van der Waals surface area contributed by atoms with Gasteiger partial charge in [0.15, 0.2) is 0 Å². The fourth-order valence-corrected chi connectivity index (χ4v) is 3.22. The molecule has 1 aliphatic rings. The Kier molecular flexibility index (Phi) is 3.56. The van der Waals surface area contributed by atoms with Crippen LogP contribution < -0.4 is 5.73 Å². The summed E-state index contributed by atoms with van der Waals surface area (Å²) in [6, 6.07) is 6.25. The summed E-state index contributed by atoms with van der Waals surface area (Å²) in [5, 5.41) is -0.782. The first-order valence-corrected chi connectivity index (χ1v) is 6.43. The summed E-state index contributed by atoms with van der Waals surface area (Å²) in [7, 11) is 0. The molecular weight excluding hydrogens is 255 g/mol. The number of hydrogen-bond donors (Lipinski definition) is 1. The third kappa shape index (κ3) is 2.33. The minimum atomic E-state index is -0.598. The van der Waals surface area contributed by atoms with Gasteiger partial charge in [0.2, 0.25) is 11.8 Å². The standard InChI is InChI=1S/C12H13FN2O2S/c1-7-11(17)15(6-10(14)16)12(18-7)8-4-2-3-5-9(8)13/h2-5,7,12H,6H2,1H3,(H2,14,16)/t7-,12-/m1/s1. The lowest BCUT2D eigenvalue weighted by Crippen LogP contribution is -2.37. The van der Waals surface area contributed by atoms with Crippen molar-refractivity contribution < 1.29 is 14.0 Å². The highest BCUT2D eigenvalue weighted by Gasteiger charge is 2.40. The summed E-state index contributed by atoms with van der Waals surface area (Å²) >= 11 is 1.32. The van der Waals surface area contributed by atoms with Crippen LogP contribution in [0.5, 0.6) is 0 Å². The molecule has 1 fully saturated rings. The van der Waals surface area contributed by atoms with Crippen LogP contribution in [0.15, 0.2) is 24.3 Å². The Morgan fingerprint density at radius 1 is 1.50 bits per heavy atom. The van der Waals surface area contributed by atoms with Gasteiger partial charge < -0.3 is 10.6 Å². The molecule has 2 rings (SSSR count). The Bertz CT molecular complexity index is 495. The van der Waals surface area contributed by atoms with Gasteiger partial charge in [0.05, 0.1) is 5.25 Å². The predicted molar refractivity (Wildman–Crippen MR) is 67.1 cm³/mol. The third-order valence-corrected chi connectivity index (χ3v) is 4.12. The Morgan fingerprint density at radius 2 is 2.17 bits per heavy atom. The van der Waals surface area contributed by atoms with Gasteiger partial charge in [-0.3, -0.25) is 9.59 Å². The average Bonchev–Trinajstić information content (AvgIpc) is 2.57. The van der Waals surface area contributed by atoms with Gasteiger partial charge in [0.1, 0.15) is 17.7 Å². The summed E-state index contributed by atoms with van der Waals surface area (Å²) in [6.45, 7) is 1.55. The van der Waals surface area contributed by atoms with Gasteiger partial charge in [0, 0.05) is 5.56 Å². The molecule has 96 valence electrons. The molecule has 0 spiro atoms. The zero-order chi connectivity index (χ0) is 13.3. The molecule has 1 aromatic carbocycles. The Morgan fingerprint density at radius 3 is 2.78 bits per heavy atom. The quantitative estimate of drug-likeness (QED) is 0.898. The number of rotatable bonds is 3. The Balaban J connectivity index is 2.34. The first-order chi connectivity index (χ1) is 8.50. The number of primary amides is 1. The van der Waals surface area contributed by atoms with Crippen LogP contribution in [0, 0.1) is 5.82 Å². The van der Waals surface area contributed by atoms with Crippen LogP contribution in [0.4, 0.5) is 4.39 Å². The lowest BCUT2D eigenvalue weighted by atomic mass is 10.2. The fourth-order valence-electron chi connectivity index (χ4n) is 1.92. The van der Waals surface area contributed by atoms with Crippen LogP contribution in [0.2, 0.25) is 0 Å². The van der Waals surface area contributed by atoms with E-state index in [-0.39, 0.29) is 23.5 Å². The largest absolute Gasteiger partial charge is 0.368 e. The number of nitrogens with two attached hydrogens (primary N) is 1. The number of halogens is 1. The molecule has 2 atom stereocenters. The van der Waals surface area contributed by atoms with Crippen molar-refractivity contribution in [3.05, 3.63) is 35.6 Å². The van der Waals surface area contributed by atoms with E-state index in [0.29, 0.717) is 5.56 Å². The number of nitrogens with zero attached hydrogens (tertiary/aromatic N) is 1. The molecule has 4 nitrogen and oxygen atoms in total. The van der Waals surface area contributed by atoms with Crippen molar-refractivity contribution in [3.8, 4) is 0 Å². The third-order valence-electron chi connectivity index (χ3n) is 2.74. The summed E-state index contributed by atoms with van der Waals surface area (Å²) in [6.07, 6.45) is 0.